The third kappa shape index (κ3) is 5.43. The summed E-state index contributed by atoms with van der Waals surface area (Å²) >= 11 is 0. The van der Waals surface area contributed by atoms with Crippen LogP contribution >= 0.6 is 0 Å². The highest BCUT2D eigenvalue weighted by Crippen LogP contribution is 2.33. The number of ether oxygens (including phenoxy) is 1. The first-order valence-electron chi connectivity index (χ1n) is 10.1. The maximum absolute atomic E-state index is 13.2. The van der Waals surface area contributed by atoms with Gasteiger partial charge in [0.05, 0.1) is 7.11 Å². The fourth-order valence-electron chi connectivity index (χ4n) is 4.66. The van der Waals surface area contributed by atoms with Crippen molar-refractivity contribution in [3.63, 3.8) is 0 Å². The lowest BCUT2D eigenvalue weighted by Gasteiger charge is -2.43. The summed E-state index contributed by atoms with van der Waals surface area (Å²) in [6, 6.07) is 0.00974. The van der Waals surface area contributed by atoms with Gasteiger partial charge in [-0.3, -0.25) is 9.80 Å². The lowest BCUT2D eigenvalue weighted by molar-refractivity contribution is -0.163. The van der Waals surface area contributed by atoms with Crippen LogP contribution in [0.25, 0.3) is 0 Å². The van der Waals surface area contributed by atoms with Gasteiger partial charge >= 0.3 is 5.97 Å². The summed E-state index contributed by atoms with van der Waals surface area (Å²) in [4.78, 5) is 25.3. The van der Waals surface area contributed by atoms with Crippen molar-refractivity contribution >= 4 is 11.9 Å². The summed E-state index contributed by atoms with van der Waals surface area (Å²) in [6.45, 7) is 9.02. The molecule has 6 heteroatoms. The van der Waals surface area contributed by atoms with Crippen LogP contribution in [-0.2, 0) is 14.3 Å². The number of hydrogen-bond acceptors (Lipinski definition) is 5. The van der Waals surface area contributed by atoms with Gasteiger partial charge in [-0.15, -0.1) is 0 Å². The van der Waals surface area contributed by atoms with Gasteiger partial charge in [0.25, 0.3) is 0 Å². The lowest BCUT2D eigenvalue weighted by Crippen LogP contribution is -2.61. The van der Waals surface area contributed by atoms with E-state index in [4.69, 9.17) is 4.74 Å². The molecule has 0 spiro atoms. The van der Waals surface area contributed by atoms with Crippen molar-refractivity contribution in [3.8, 4) is 0 Å². The second kappa shape index (κ2) is 8.70. The van der Waals surface area contributed by atoms with Crippen LogP contribution in [0, 0.1) is 5.41 Å². The second-order valence-corrected chi connectivity index (χ2v) is 9.19. The maximum Gasteiger partial charge on any atom is 0.330 e. The molecule has 1 saturated carbocycles. The van der Waals surface area contributed by atoms with E-state index in [1.165, 1.54) is 44.2 Å². The Kier molecular flexibility index (Phi) is 7.08. The number of rotatable bonds is 6. The van der Waals surface area contributed by atoms with Crippen molar-refractivity contribution in [1.29, 1.82) is 0 Å². The van der Waals surface area contributed by atoms with E-state index in [-0.39, 0.29) is 17.4 Å². The first-order valence-corrected chi connectivity index (χ1v) is 10.1. The number of nitrogens with one attached hydrogen (secondary N) is 2. The van der Waals surface area contributed by atoms with Gasteiger partial charge in [0, 0.05) is 23.5 Å². The lowest BCUT2D eigenvalue weighted by atomic mass is 9.78. The third-order valence-electron chi connectivity index (χ3n) is 5.60. The molecule has 2 aliphatic rings. The molecule has 1 unspecified atom stereocenters. The van der Waals surface area contributed by atoms with Crippen LogP contribution < -0.4 is 10.7 Å². The van der Waals surface area contributed by atoms with Crippen LogP contribution in [0.1, 0.15) is 79.1 Å². The number of carbonyl (C=O) groups excluding carboxylic acids is 2. The van der Waals surface area contributed by atoms with Gasteiger partial charge in [-0.05, 0) is 46.0 Å². The summed E-state index contributed by atoms with van der Waals surface area (Å²) in [5, 5.41) is 5.29. The van der Waals surface area contributed by atoms with Crippen molar-refractivity contribution < 1.29 is 14.3 Å². The maximum atomic E-state index is 13.2. The van der Waals surface area contributed by atoms with Gasteiger partial charge < -0.3 is 10.1 Å². The molecule has 1 atom stereocenters. The molecule has 1 heterocycles. The van der Waals surface area contributed by atoms with Gasteiger partial charge in [0.2, 0.25) is 5.91 Å². The molecule has 0 aromatic heterocycles. The number of esters is 1. The topological polar surface area (TPSA) is 70.7 Å². The normalized spacial score (nSPS) is 23.0. The molecular formula is C20H37N3O3. The largest absolute Gasteiger partial charge is 0.467 e. The van der Waals surface area contributed by atoms with E-state index in [1.807, 2.05) is 13.8 Å². The van der Waals surface area contributed by atoms with Crippen molar-refractivity contribution in [2.45, 2.75) is 96.7 Å². The average molecular weight is 368 g/mol. The van der Waals surface area contributed by atoms with Crippen molar-refractivity contribution in [2.75, 3.05) is 13.7 Å². The zero-order chi connectivity index (χ0) is 19.4. The van der Waals surface area contributed by atoms with E-state index >= 15 is 0 Å². The average Bonchev–Trinajstić information content (AvgIpc) is 2.59. The van der Waals surface area contributed by atoms with Crippen LogP contribution in [0.4, 0.5) is 0 Å². The zero-order valence-electron chi connectivity index (χ0n) is 17.2. The molecule has 2 fully saturated rings. The fourth-order valence-corrected chi connectivity index (χ4v) is 4.66. The van der Waals surface area contributed by atoms with E-state index in [9.17, 15) is 9.59 Å². The molecule has 1 saturated heterocycles. The highest BCUT2D eigenvalue weighted by atomic mass is 16.5. The predicted octanol–water partition coefficient (Wildman–Crippen LogP) is 2.77. The monoisotopic (exact) mass is 367 g/mol. The Labute approximate surface area is 158 Å². The van der Waals surface area contributed by atoms with Crippen LogP contribution in [0.5, 0.6) is 0 Å². The van der Waals surface area contributed by atoms with Crippen LogP contribution in [-0.4, -0.2) is 48.2 Å². The summed E-state index contributed by atoms with van der Waals surface area (Å²) in [6.07, 6.45) is 8.55. The Morgan fingerprint density at radius 1 is 1.08 bits per heavy atom. The summed E-state index contributed by atoms with van der Waals surface area (Å²) < 4.78 is 4.90. The Hall–Kier alpha value is -1.14. The summed E-state index contributed by atoms with van der Waals surface area (Å²) in [5.41, 5.74) is 2.40. The van der Waals surface area contributed by atoms with Crippen LogP contribution in [0.15, 0.2) is 0 Å². The van der Waals surface area contributed by atoms with Gasteiger partial charge in [-0.25, -0.2) is 10.2 Å². The molecule has 0 radical (unpaired) electrons. The molecule has 1 aliphatic heterocycles. The number of amides is 1. The van der Waals surface area contributed by atoms with E-state index in [2.05, 4.69) is 24.6 Å². The molecule has 2 rings (SSSR count). The standard InChI is InChI=1S/C20H37N3O3/c1-19(2,14-20(3,4)22-15-10-7-6-8-11-15)18(25)23-16(17(24)26-5)12-9-13-21-23/h15-16,21-22H,6-14H2,1-5H3. The second-order valence-electron chi connectivity index (χ2n) is 9.19. The van der Waals surface area contributed by atoms with Gasteiger partial charge in [0.15, 0.2) is 0 Å². The minimum Gasteiger partial charge on any atom is -0.467 e. The zero-order valence-corrected chi connectivity index (χ0v) is 17.2. The summed E-state index contributed by atoms with van der Waals surface area (Å²) in [7, 11) is 1.38. The SMILES string of the molecule is COC(=O)C1CCCNN1C(=O)C(C)(C)CC(C)(C)NC1CCCCC1. The first-order chi connectivity index (χ1) is 12.2. The molecule has 1 amide bonds. The van der Waals surface area contributed by atoms with Crippen molar-refractivity contribution in [3.05, 3.63) is 0 Å². The first kappa shape index (κ1) is 21.2. The Morgan fingerprint density at radius 2 is 1.73 bits per heavy atom. The van der Waals surface area contributed by atoms with Gasteiger partial charge in [0.1, 0.15) is 6.04 Å². The van der Waals surface area contributed by atoms with E-state index in [0.29, 0.717) is 25.4 Å². The Bertz CT molecular complexity index is 499. The molecule has 26 heavy (non-hydrogen) atoms. The number of nitrogens with zero attached hydrogens (tertiary/aromatic N) is 1. The molecule has 0 aromatic rings. The fraction of sp³-hybridized carbons (Fsp3) is 0.900. The predicted molar refractivity (Wildman–Crippen MR) is 102 cm³/mol. The minimum absolute atomic E-state index is 0.0360. The molecular weight excluding hydrogens is 330 g/mol. The molecule has 150 valence electrons. The molecule has 0 aromatic carbocycles. The highest BCUT2D eigenvalue weighted by Gasteiger charge is 2.43. The van der Waals surface area contributed by atoms with E-state index < -0.39 is 11.5 Å². The van der Waals surface area contributed by atoms with Crippen LogP contribution in [0.2, 0.25) is 0 Å². The van der Waals surface area contributed by atoms with E-state index in [0.717, 1.165) is 6.42 Å². The van der Waals surface area contributed by atoms with Crippen LogP contribution in [0.3, 0.4) is 0 Å². The minimum atomic E-state index is -0.582. The molecule has 1 aliphatic carbocycles. The smallest absolute Gasteiger partial charge is 0.330 e. The van der Waals surface area contributed by atoms with E-state index in [1.54, 1.807) is 0 Å². The number of carbonyl (C=O) groups is 2. The van der Waals surface area contributed by atoms with Gasteiger partial charge in [-0.2, -0.15) is 0 Å². The number of methoxy groups -OCH3 is 1. The van der Waals surface area contributed by atoms with Crippen molar-refractivity contribution in [1.82, 2.24) is 15.8 Å². The summed E-state index contributed by atoms with van der Waals surface area (Å²) in [5.74, 6) is -0.382. The third-order valence-corrected chi connectivity index (χ3v) is 5.60. The highest BCUT2D eigenvalue weighted by molar-refractivity contribution is 5.87. The molecule has 0 bridgehead atoms. The number of hydrazine groups is 1. The Balaban J connectivity index is 2.03. The Morgan fingerprint density at radius 3 is 2.35 bits per heavy atom. The quantitative estimate of drug-likeness (QED) is 0.707. The number of hydrogen-bond donors (Lipinski definition) is 2. The molecule has 6 nitrogen and oxygen atoms in total. The molecule has 2 N–H and O–H groups in total. The van der Waals surface area contributed by atoms with Gasteiger partial charge in [-0.1, -0.05) is 33.1 Å². The van der Waals surface area contributed by atoms with Crippen molar-refractivity contribution in [2.24, 2.45) is 5.41 Å².